The topological polar surface area (TPSA) is 26.3 Å². The van der Waals surface area contributed by atoms with Gasteiger partial charge in [0.25, 0.3) is 0 Å². The van der Waals surface area contributed by atoms with Gasteiger partial charge < -0.3 is 4.74 Å². The first-order chi connectivity index (χ1) is 7.05. The maximum atomic E-state index is 11.8. The summed E-state index contributed by atoms with van der Waals surface area (Å²) >= 11 is 0. The molecule has 2 atom stereocenters. The summed E-state index contributed by atoms with van der Waals surface area (Å²) in [6.07, 6.45) is 0. The second-order valence-electron chi connectivity index (χ2n) is 6.86. The highest BCUT2D eigenvalue weighted by atomic mass is 28.3. The lowest BCUT2D eigenvalue weighted by Crippen LogP contribution is -2.39. The SMILES string of the molecule is C=C([C@H]1COC(=O)[C@@H]1[Si](C)(C)C)[Si](C)(C)C. The quantitative estimate of drug-likeness (QED) is 0.572. The summed E-state index contributed by atoms with van der Waals surface area (Å²) in [5.74, 6) is 0.300. The minimum Gasteiger partial charge on any atom is -0.465 e. The Balaban J connectivity index is 2.98. The zero-order chi connectivity index (χ0) is 12.7. The van der Waals surface area contributed by atoms with Gasteiger partial charge in [0.2, 0.25) is 0 Å². The number of cyclic esters (lactones) is 1. The first-order valence-corrected chi connectivity index (χ1v) is 13.0. The summed E-state index contributed by atoms with van der Waals surface area (Å²) in [5.41, 5.74) is 0.117. The van der Waals surface area contributed by atoms with Gasteiger partial charge in [-0.25, -0.2) is 0 Å². The number of carbonyl (C=O) groups is 1. The van der Waals surface area contributed by atoms with Crippen LogP contribution in [0.4, 0.5) is 0 Å². The smallest absolute Gasteiger partial charge is 0.306 e. The molecule has 1 heterocycles. The molecule has 0 saturated carbocycles. The van der Waals surface area contributed by atoms with Crippen molar-refractivity contribution in [3.05, 3.63) is 11.8 Å². The standard InChI is InChI=1S/C12H24O2Si2/c1-9(15(2,3)4)10-8-14-12(13)11(10)16(5,6)7/h10-11H,1,8H2,2-7H3/t10-,11-/m1/s1. The minimum absolute atomic E-state index is 0.0172. The lowest BCUT2D eigenvalue weighted by Gasteiger charge is -2.32. The van der Waals surface area contributed by atoms with E-state index in [1.165, 1.54) is 5.20 Å². The molecule has 0 radical (unpaired) electrons. The van der Waals surface area contributed by atoms with Crippen molar-refractivity contribution in [2.45, 2.75) is 44.8 Å². The second-order valence-corrected chi connectivity index (χ2v) is 17.4. The van der Waals surface area contributed by atoms with Gasteiger partial charge in [-0.3, -0.25) is 4.79 Å². The van der Waals surface area contributed by atoms with Crippen LogP contribution in [-0.2, 0) is 9.53 Å². The molecule has 1 aliphatic rings. The van der Waals surface area contributed by atoms with E-state index in [4.69, 9.17) is 4.74 Å². The Kier molecular flexibility index (Phi) is 3.55. The van der Waals surface area contributed by atoms with Gasteiger partial charge in [0.05, 0.1) is 28.3 Å². The summed E-state index contributed by atoms with van der Waals surface area (Å²) < 4.78 is 5.28. The molecule has 0 aromatic heterocycles. The maximum Gasteiger partial charge on any atom is 0.306 e. The number of hydrogen-bond donors (Lipinski definition) is 0. The van der Waals surface area contributed by atoms with Crippen molar-refractivity contribution >= 4 is 22.1 Å². The van der Waals surface area contributed by atoms with Crippen molar-refractivity contribution in [2.75, 3.05) is 6.61 Å². The van der Waals surface area contributed by atoms with Crippen molar-refractivity contribution in [1.82, 2.24) is 0 Å². The van der Waals surface area contributed by atoms with E-state index in [1.54, 1.807) is 0 Å². The van der Waals surface area contributed by atoms with E-state index in [0.29, 0.717) is 6.61 Å². The Bertz CT molecular complexity index is 310. The Labute approximate surface area is 101 Å². The molecule has 0 bridgehead atoms. The molecule has 0 aromatic rings. The molecule has 0 aliphatic carbocycles. The molecular formula is C12H24O2Si2. The van der Waals surface area contributed by atoms with Crippen molar-refractivity contribution in [2.24, 2.45) is 5.92 Å². The highest BCUT2D eigenvalue weighted by molar-refractivity contribution is 6.84. The largest absolute Gasteiger partial charge is 0.465 e. The van der Waals surface area contributed by atoms with Gasteiger partial charge in [-0.1, -0.05) is 44.5 Å². The number of rotatable bonds is 3. The minimum atomic E-state index is -1.51. The molecule has 0 amide bonds. The summed E-state index contributed by atoms with van der Waals surface area (Å²) in [5, 5.41) is 1.30. The third-order valence-corrected chi connectivity index (χ3v) is 8.21. The molecule has 1 rings (SSSR count). The summed E-state index contributed by atoms with van der Waals surface area (Å²) in [6, 6.07) is 0. The fraction of sp³-hybridized carbons (Fsp3) is 0.750. The fourth-order valence-electron chi connectivity index (χ4n) is 2.34. The van der Waals surface area contributed by atoms with Crippen LogP contribution in [0.2, 0.25) is 44.8 Å². The summed E-state index contributed by atoms with van der Waals surface area (Å²) in [6.45, 7) is 18.4. The molecule has 0 unspecified atom stereocenters. The van der Waals surface area contributed by atoms with E-state index in [2.05, 4.69) is 45.9 Å². The van der Waals surface area contributed by atoms with Crippen LogP contribution < -0.4 is 0 Å². The molecule has 1 aliphatic heterocycles. The van der Waals surface area contributed by atoms with Gasteiger partial charge in [-0.2, -0.15) is 0 Å². The molecule has 0 N–H and O–H groups in total. The molecule has 4 heteroatoms. The van der Waals surface area contributed by atoms with Gasteiger partial charge >= 0.3 is 5.97 Å². The first-order valence-electron chi connectivity index (χ1n) is 5.91. The molecule has 92 valence electrons. The molecule has 1 saturated heterocycles. The lowest BCUT2D eigenvalue weighted by molar-refractivity contribution is -0.138. The van der Waals surface area contributed by atoms with E-state index < -0.39 is 16.1 Å². The van der Waals surface area contributed by atoms with Crippen LogP contribution in [0.15, 0.2) is 11.8 Å². The third kappa shape index (κ3) is 2.66. The average Bonchev–Trinajstić information content (AvgIpc) is 2.42. The molecular weight excluding hydrogens is 232 g/mol. The molecule has 0 aromatic carbocycles. The number of ether oxygens (including phenoxy) is 1. The lowest BCUT2D eigenvalue weighted by atomic mass is 10.1. The highest BCUT2D eigenvalue weighted by Crippen LogP contribution is 2.42. The molecule has 0 spiro atoms. The predicted octanol–water partition coefficient (Wildman–Crippen LogP) is 3.30. The van der Waals surface area contributed by atoms with Gasteiger partial charge in [0.15, 0.2) is 0 Å². The normalized spacial score (nSPS) is 26.8. The Morgan fingerprint density at radius 1 is 1.25 bits per heavy atom. The summed E-state index contributed by atoms with van der Waals surface area (Å²) in [4.78, 5) is 11.8. The fourth-order valence-corrected chi connectivity index (χ4v) is 6.16. The predicted molar refractivity (Wildman–Crippen MR) is 74.0 cm³/mol. The van der Waals surface area contributed by atoms with Crippen LogP contribution in [-0.4, -0.2) is 28.7 Å². The second kappa shape index (κ2) is 4.15. The summed E-state index contributed by atoms with van der Waals surface area (Å²) in [7, 11) is -2.89. The van der Waals surface area contributed by atoms with Crippen LogP contribution in [0.3, 0.4) is 0 Å². The van der Waals surface area contributed by atoms with E-state index in [0.717, 1.165) is 0 Å². The van der Waals surface area contributed by atoms with Crippen molar-refractivity contribution in [3.63, 3.8) is 0 Å². The number of carbonyl (C=O) groups excluding carboxylic acids is 1. The van der Waals surface area contributed by atoms with Crippen LogP contribution in [0.5, 0.6) is 0 Å². The van der Waals surface area contributed by atoms with E-state index >= 15 is 0 Å². The van der Waals surface area contributed by atoms with E-state index in [1.807, 2.05) is 0 Å². The first kappa shape index (κ1) is 13.7. The Morgan fingerprint density at radius 2 is 1.75 bits per heavy atom. The van der Waals surface area contributed by atoms with E-state index in [-0.39, 0.29) is 17.4 Å². The van der Waals surface area contributed by atoms with Crippen LogP contribution in [0.1, 0.15) is 0 Å². The van der Waals surface area contributed by atoms with E-state index in [9.17, 15) is 4.79 Å². The van der Waals surface area contributed by atoms with Crippen LogP contribution in [0.25, 0.3) is 0 Å². The van der Waals surface area contributed by atoms with Gasteiger partial charge in [-0.15, -0.1) is 6.58 Å². The average molecular weight is 256 g/mol. The third-order valence-electron chi connectivity index (χ3n) is 3.41. The molecule has 16 heavy (non-hydrogen) atoms. The number of esters is 1. The van der Waals surface area contributed by atoms with Gasteiger partial charge in [0, 0.05) is 5.92 Å². The van der Waals surface area contributed by atoms with Crippen LogP contribution in [0, 0.1) is 5.92 Å². The zero-order valence-electron chi connectivity index (χ0n) is 11.4. The van der Waals surface area contributed by atoms with Crippen molar-refractivity contribution in [3.8, 4) is 0 Å². The Morgan fingerprint density at radius 3 is 2.12 bits per heavy atom. The Hall–Kier alpha value is -0.356. The van der Waals surface area contributed by atoms with Gasteiger partial charge in [-0.05, 0) is 0 Å². The van der Waals surface area contributed by atoms with Crippen molar-refractivity contribution in [1.29, 1.82) is 0 Å². The monoisotopic (exact) mass is 256 g/mol. The zero-order valence-corrected chi connectivity index (χ0v) is 13.4. The molecule has 1 fully saturated rings. The maximum absolute atomic E-state index is 11.8. The van der Waals surface area contributed by atoms with Crippen LogP contribution >= 0.6 is 0 Å². The number of hydrogen-bond acceptors (Lipinski definition) is 2. The highest BCUT2D eigenvalue weighted by Gasteiger charge is 2.48. The van der Waals surface area contributed by atoms with Gasteiger partial charge in [0.1, 0.15) is 0 Å². The molecule has 2 nitrogen and oxygen atoms in total. The van der Waals surface area contributed by atoms with Crippen molar-refractivity contribution < 1.29 is 9.53 Å².